The Kier molecular flexibility index (Phi) is 5.90. The van der Waals surface area contributed by atoms with E-state index < -0.39 is 17.8 Å². The third-order valence-corrected chi connectivity index (χ3v) is 4.53. The van der Waals surface area contributed by atoms with Crippen LogP contribution in [-0.4, -0.2) is 17.9 Å². The van der Waals surface area contributed by atoms with Gasteiger partial charge in [0.1, 0.15) is 11.9 Å². The van der Waals surface area contributed by atoms with E-state index >= 15 is 0 Å². The van der Waals surface area contributed by atoms with Gasteiger partial charge < -0.3 is 10.6 Å². The van der Waals surface area contributed by atoms with Crippen LogP contribution < -0.4 is 10.6 Å². The van der Waals surface area contributed by atoms with E-state index in [0.717, 1.165) is 0 Å². The highest BCUT2D eigenvalue weighted by Gasteiger charge is 2.25. The minimum atomic E-state index is -0.757. The zero-order valence-electron chi connectivity index (χ0n) is 12.6. The number of carbonyl (C=O) groups excluding carboxylic acids is 2. The zero-order chi connectivity index (χ0) is 17.0. The predicted molar refractivity (Wildman–Crippen MR) is 93.1 cm³/mol. The van der Waals surface area contributed by atoms with Crippen molar-refractivity contribution in [2.24, 2.45) is 5.92 Å². The van der Waals surface area contributed by atoms with Gasteiger partial charge in [0.2, 0.25) is 5.91 Å². The predicted octanol–water partition coefficient (Wildman–Crippen LogP) is 4.04. The van der Waals surface area contributed by atoms with Gasteiger partial charge in [0.15, 0.2) is 0 Å². The molecule has 0 saturated heterocycles. The average molecular weight is 399 g/mol. The molecule has 1 aromatic carbocycles. The van der Waals surface area contributed by atoms with Gasteiger partial charge in [0, 0.05) is 4.47 Å². The van der Waals surface area contributed by atoms with E-state index in [1.165, 1.54) is 23.5 Å². The van der Waals surface area contributed by atoms with Crippen molar-refractivity contribution in [1.82, 2.24) is 5.32 Å². The maximum absolute atomic E-state index is 13.8. The largest absolute Gasteiger partial charge is 0.339 e. The highest BCUT2D eigenvalue weighted by atomic mass is 79.9. The van der Waals surface area contributed by atoms with Gasteiger partial charge in [-0.2, -0.15) is 0 Å². The standard InChI is InChI=1S/C16H16BrFN2O2S/c1-9(2)14(20-15(21)13-4-3-7-23-13)16(22)19-12-6-5-10(17)8-11(12)18/h3-9,14H,1-2H3,(H,19,22)(H,20,21). The molecule has 1 atom stereocenters. The number of amides is 2. The second-order valence-corrected chi connectivity index (χ2v) is 7.15. The van der Waals surface area contributed by atoms with Crippen molar-refractivity contribution in [2.75, 3.05) is 5.32 Å². The quantitative estimate of drug-likeness (QED) is 0.797. The molecule has 0 spiro atoms. The van der Waals surface area contributed by atoms with E-state index in [-0.39, 0.29) is 17.5 Å². The lowest BCUT2D eigenvalue weighted by atomic mass is 10.0. The van der Waals surface area contributed by atoms with Gasteiger partial charge in [-0.25, -0.2) is 4.39 Å². The maximum Gasteiger partial charge on any atom is 0.262 e. The molecule has 2 aromatic rings. The fourth-order valence-corrected chi connectivity index (χ4v) is 2.92. The number of rotatable bonds is 5. The van der Waals surface area contributed by atoms with E-state index in [9.17, 15) is 14.0 Å². The van der Waals surface area contributed by atoms with Crippen molar-refractivity contribution in [3.05, 3.63) is 50.9 Å². The van der Waals surface area contributed by atoms with Crippen LogP contribution in [0.2, 0.25) is 0 Å². The van der Waals surface area contributed by atoms with Gasteiger partial charge in [-0.3, -0.25) is 9.59 Å². The summed E-state index contributed by atoms with van der Waals surface area (Å²) >= 11 is 4.46. The Morgan fingerprint density at radius 2 is 2.00 bits per heavy atom. The van der Waals surface area contributed by atoms with Crippen LogP contribution in [0.4, 0.5) is 10.1 Å². The molecule has 0 radical (unpaired) electrons. The number of carbonyl (C=O) groups is 2. The Balaban J connectivity index is 2.10. The summed E-state index contributed by atoms with van der Waals surface area (Å²) in [5.41, 5.74) is 0.0780. The first-order valence-corrected chi connectivity index (χ1v) is 8.66. The lowest BCUT2D eigenvalue weighted by Crippen LogP contribution is -2.47. The lowest BCUT2D eigenvalue weighted by Gasteiger charge is -2.21. The molecule has 0 aliphatic rings. The molecule has 0 fully saturated rings. The summed E-state index contributed by atoms with van der Waals surface area (Å²) in [6.07, 6.45) is 0. The number of nitrogens with one attached hydrogen (secondary N) is 2. The van der Waals surface area contributed by atoms with Crippen molar-refractivity contribution in [3.63, 3.8) is 0 Å². The van der Waals surface area contributed by atoms with Crippen LogP contribution >= 0.6 is 27.3 Å². The Hall–Kier alpha value is -1.73. The normalized spacial score (nSPS) is 12.0. The fraction of sp³-hybridized carbons (Fsp3) is 0.250. The Labute approximate surface area is 146 Å². The topological polar surface area (TPSA) is 58.2 Å². The van der Waals surface area contributed by atoms with E-state index in [2.05, 4.69) is 26.6 Å². The smallest absolute Gasteiger partial charge is 0.262 e. The molecule has 2 N–H and O–H groups in total. The van der Waals surface area contributed by atoms with Crippen molar-refractivity contribution >= 4 is 44.8 Å². The minimum Gasteiger partial charge on any atom is -0.339 e. The summed E-state index contributed by atoms with van der Waals surface area (Å²) < 4.78 is 14.4. The van der Waals surface area contributed by atoms with Crippen molar-refractivity contribution in [3.8, 4) is 0 Å². The van der Waals surface area contributed by atoms with Gasteiger partial charge in [-0.1, -0.05) is 35.8 Å². The van der Waals surface area contributed by atoms with Gasteiger partial charge >= 0.3 is 0 Å². The van der Waals surface area contributed by atoms with Crippen LogP contribution in [-0.2, 0) is 4.79 Å². The van der Waals surface area contributed by atoms with Gasteiger partial charge in [0.25, 0.3) is 5.91 Å². The second-order valence-electron chi connectivity index (χ2n) is 5.29. The summed E-state index contributed by atoms with van der Waals surface area (Å²) in [5, 5.41) is 7.01. The number of hydrogen-bond acceptors (Lipinski definition) is 3. The molecule has 0 aliphatic heterocycles. The molecule has 0 saturated carbocycles. The summed E-state index contributed by atoms with van der Waals surface area (Å²) in [4.78, 5) is 25.0. The van der Waals surface area contributed by atoms with E-state index in [1.807, 2.05) is 13.8 Å². The fourth-order valence-electron chi connectivity index (χ4n) is 1.96. The highest BCUT2D eigenvalue weighted by molar-refractivity contribution is 9.10. The van der Waals surface area contributed by atoms with Gasteiger partial charge in [-0.15, -0.1) is 11.3 Å². The molecule has 122 valence electrons. The van der Waals surface area contributed by atoms with Crippen LogP contribution in [0, 0.1) is 11.7 Å². The molecule has 2 amide bonds. The van der Waals surface area contributed by atoms with Crippen molar-refractivity contribution in [1.29, 1.82) is 0 Å². The van der Waals surface area contributed by atoms with Crippen molar-refractivity contribution in [2.45, 2.75) is 19.9 Å². The molecule has 1 aromatic heterocycles. The second kappa shape index (κ2) is 7.70. The third-order valence-electron chi connectivity index (χ3n) is 3.17. The van der Waals surface area contributed by atoms with Gasteiger partial charge in [-0.05, 0) is 35.6 Å². The Bertz CT molecular complexity index is 704. The monoisotopic (exact) mass is 398 g/mol. The Morgan fingerprint density at radius 1 is 1.26 bits per heavy atom. The van der Waals surface area contributed by atoms with Crippen molar-refractivity contribution < 1.29 is 14.0 Å². The van der Waals surface area contributed by atoms with Crippen LogP contribution in [0.5, 0.6) is 0 Å². The molecule has 7 heteroatoms. The third kappa shape index (κ3) is 4.62. The van der Waals surface area contributed by atoms with Crippen LogP contribution in [0.3, 0.4) is 0 Å². The first kappa shape index (κ1) is 17.6. The number of hydrogen-bond donors (Lipinski definition) is 2. The summed E-state index contributed by atoms with van der Waals surface area (Å²) in [6, 6.07) is 7.06. The van der Waals surface area contributed by atoms with E-state index in [0.29, 0.717) is 9.35 Å². The highest BCUT2D eigenvalue weighted by Crippen LogP contribution is 2.20. The van der Waals surface area contributed by atoms with Gasteiger partial charge in [0.05, 0.1) is 10.6 Å². The molecule has 23 heavy (non-hydrogen) atoms. The molecule has 4 nitrogen and oxygen atoms in total. The number of halogens is 2. The maximum atomic E-state index is 13.8. The molecular weight excluding hydrogens is 383 g/mol. The van der Waals surface area contributed by atoms with Crippen LogP contribution in [0.1, 0.15) is 23.5 Å². The number of anilines is 1. The summed E-state index contributed by atoms with van der Waals surface area (Å²) in [5.74, 6) is -1.45. The van der Waals surface area contributed by atoms with E-state index in [1.54, 1.807) is 23.6 Å². The zero-order valence-corrected chi connectivity index (χ0v) is 15.0. The molecule has 2 rings (SSSR count). The summed E-state index contributed by atoms with van der Waals surface area (Å²) in [7, 11) is 0. The Morgan fingerprint density at radius 3 is 2.57 bits per heavy atom. The molecule has 0 bridgehead atoms. The van der Waals surface area contributed by atoms with E-state index in [4.69, 9.17) is 0 Å². The number of benzene rings is 1. The first-order chi connectivity index (χ1) is 10.9. The number of thiophene rings is 1. The van der Waals surface area contributed by atoms with Crippen LogP contribution in [0.25, 0.3) is 0 Å². The van der Waals surface area contributed by atoms with Crippen LogP contribution in [0.15, 0.2) is 40.2 Å². The molecule has 1 unspecified atom stereocenters. The summed E-state index contributed by atoms with van der Waals surface area (Å²) in [6.45, 7) is 3.63. The first-order valence-electron chi connectivity index (χ1n) is 6.98. The lowest BCUT2D eigenvalue weighted by molar-refractivity contribution is -0.118. The molecule has 0 aliphatic carbocycles. The molecule has 1 heterocycles. The average Bonchev–Trinajstić information content (AvgIpc) is 3.01. The SMILES string of the molecule is CC(C)C(NC(=O)c1cccs1)C(=O)Nc1ccc(Br)cc1F. The molecular formula is C16H16BrFN2O2S. The minimum absolute atomic E-state index is 0.0780.